The highest BCUT2D eigenvalue weighted by molar-refractivity contribution is 6.17. The first kappa shape index (κ1) is 12.3. The fraction of sp³-hybridized carbons (Fsp3) is 0.714. The van der Waals surface area contributed by atoms with Gasteiger partial charge in [-0.2, -0.15) is 0 Å². The van der Waals surface area contributed by atoms with Gasteiger partial charge in [-0.1, -0.05) is 33.3 Å². The number of carboxylic acids is 1. The molecule has 0 aromatic rings. The molecule has 2 rings (SSSR count). The number of Topliss-reactive ketones (excluding diaryl/α,β-unsaturated/α-hetero) is 1. The van der Waals surface area contributed by atoms with Gasteiger partial charge in [-0.15, -0.1) is 0 Å². The topological polar surface area (TPSA) is 54.4 Å². The van der Waals surface area contributed by atoms with Crippen LogP contribution in [-0.4, -0.2) is 16.9 Å². The van der Waals surface area contributed by atoms with Crippen LogP contribution in [0.2, 0.25) is 0 Å². The average Bonchev–Trinajstić information content (AvgIpc) is 2.19. The van der Waals surface area contributed by atoms with Gasteiger partial charge in [0.1, 0.15) is 0 Å². The largest absolute Gasteiger partial charge is 0.478 e. The normalized spacial score (nSPS) is 36.1. The summed E-state index contributed by atoms with van der Waals surface area (Å²) in [4.78, 5) is 22.9. The zero-order valence-corrected chi connectivity index (χ0v) is 10.7. The SMILES string of the molecule is CC1(C)CCC[C@]2(C)C=C(C(=O)O)C(=O)C[C@@H]12. The van der Waals surface area contributed by atoms with Crippen molar-refractivity contribution in [2.24, 2.45) is 16.7 Å². The third-order valence-electron chi connectivity index (χ3n) is 4.67. The highest BCUT2D eigenvalue weighted by Gasteiger charge is 2.49. The van der Waals surface area contributed by atoms with Crippen molar-refractivity contribution in [1.82, 2.24) is 0 Å². The van der Waals surface area contributed by atoms with Crippen LogP contribution in [0, 0.1) is 16.7 Å². The highest BCUT2D eigenvalue weighted by atomic mass is 16.4. The lowest BCUT2D eigenvalue weighted by molar-refractivity contribution is -0.136. The Balaban J connectivity index is 2.45. The summed E-state index contributed by atoms with van der Waals surface area (Å²) in [5.41, 5.74) is 0.00787. The average molecular weight is 236 g/mol. The zero-order chi connectivity index (χ0) is 12.8. The minimum Gasteiger partial charge on any atom is -0.478 e. The Morgan fingerprint density at radius 1 is 1.35 bits per heavy atom. The van der Waals surface area contributed by atoms with Crippen molar-refractivity contribution in [3.8, 4) is 0 Å². The number of hydrogen-bond acceptors (Lipinski definition) is 2. The fourth-order valence-corrected chi connectivity index (χ4v) is 3.73. The van der Waals surface area contributed by atoms with Crippen LogP contribution >= 0.6 is 0 Å². The van der Waals surface area contributed by atoms with Crippen molar-refractivity contribution in [2.45, 2.75) is 46.5 Å². The molecule has 1 saturated carbocycles. The first-order valence-electron chi connectivity index (χ1n) is 6.26. The molecule has 1 N–H and O–H groups in total. The molecule has 17 heavy (non-hydrogen) atoms. The maximum atomic E-state index is 11.9. The van der Waals surface area contributed by atoms with Crippen LogP contribution in [0.5, 0.6) is 0 Å². The van der Waals surface area contributed by atoms with Gasteiger partial charge in [0.25, 0.3) is 0 Å². The molecule has 1 fully saturated rings. The summed E-state index contributed by atoms with van der Waals surface area (Å²) >= 11 is 0. The molecule has 2 aliphatic carbocycles. The summed E-state index contributed by atoms with van der Waals surface area (Å²) in [6, 6.07) is 0. The predicted molar refractivity (Wildman–Crippen MR) is 64.6 cm³/mol. The van der Waals surface area contributed by atoms with Gasteiger partial charge in [0.15, 0.2) is 5.78 Å². The molecule has 94 valence electrons. The van der Waals surface area contributed by atoms with E-state index in [0.717, 1.165) is 19.3 Å². The van der Waals surface area contributed by atoms with Crippen molar-refractivity contribution in [3.63, 3.8) is 0 Å². The van der Waals surface area contributed by atoms with Crippen LogP contribution in [0.4, 0.5) is 0 Å². The Hall–Kier alpha value is -1.12. The van der Waals surface area contributed by atoms with Crippen molar-refractivity contribution >= 4 is 11.8 Å². The number of fused-ring (bicyclic) bond motifs is 1. The number of hydrogen-bond donors (Lipinski definition) is 1. The highest BCUT2D eigenvalue weighted by Crippen LogP contribution is 2.55. The number of aliphatic carboxylic acids is 1. The van der Waals surface area contributed by atoms with Gasteiger partial charge in [0.05, 0.1) is 5.57 Å². The minimum absolute atomic E-state index is 0.00134. The van der Waals surface area contributed by atoms with E-state index < -0.39 is 5.97 Å². The number of rotatable bonds is 1. The molecule has 3 heteroatoms. The van der Waals surface area contributed by atoms with Crippen LogP contribution in [0.25, 0.3) is 0 Å². The van der Waals surface area contributed by atoms with Gasteiger partial charge >= 0.3 is 5.97 Å². The second-order valence-electron chi connectivity index (χ2n) is 6.39. The first-order chi connectivity index (χ1) is 7.76. The van der Waals surface area contributed by atoms with Gasteiger partial charge in [-0.25, -0.2) is 4.79 Å². The van der Waals surface area contributed by atoms with Gasteiger partial charge in [0, 0.05) is 6.42 Å². The van der Waals surface area contributed by atoms with Crippen molar-refractivity contribution < 1.29 is 14.7 Å². The summed E-state index contributed by atoms with van der Waals surface area (Å²) in [6.07, 6.45) is 5.34. The van der Waals surface area contributed by atoms with Crippen LogP contribution in [0.3, 0.4) is 0 Å². The lowest BCUT2D eigenvalue weighted by Crippen LogP contribution is -2.45. The standard InChI is InChI=1S/C14H20O3/c1-13(2)5-4-6-14(3)8-9(12(16)17)10(15)7-11(13)14/h8,11H,4-7H2,1-3H3,(H,16,17)/t11-,14+/m0/s1. The van der Waals surface area contributed by atoms with E-state index in [1.165, 1.54) is 0 Å². The molecule has 2 atom stereocenters. The molecule has 0 bridgehead atoms. The third-order valence-corrected chi connectivity index (χ3v) is 4.67. The molecule has 0 aliphatic heterocycles. The quantitative estimate of drug-likeness (QED) is 0.712. The lowest BCUT2D eigenvalue weighted by Gasteiger charge is -2.51. The maximum absolute atomic E-state index is 11.9. The van der Waals surface area contributed by atoms with Crippen molar-refractivity contribution in [1.29, 1.82) is 0 Å². The molecule has 0 spiro atoms. The summed E-state index contributed by atoms with van der Waals surface area (Å²) in [5.74, 6) is -0.993. The molecule has 0 radical (unpaired) electrons. The summed E-state index contributed by atoms with van der Waals surface area (Å²) in [5, 5.41) is 9.05. The molecule has 0 unspecified atom stereocenters. The monoisotopic (exact) mass is 236 g/mol. The number of allylic oxidation sites excluding steroid dienone is 1. The summed E-state index contributed by atoms with van der Waals surface area (Å²) < 4.78 is 0. The van der Waals surface area contributed by atoms with Gasteiger partial charge in [-0.05, 0) is 29.6 Å². The van der Waals surface area contributed by atoms with Gasteiger partial charge < -0.3 is 5.11 Å². The van der Waals surface area contributed by atoms with Gasteiger partial charge in [-0.3, -0.25) is 4.79 Å². The Morgan fingerprint density at radius 3 is 2.59 bits per heavy atom. The van der Waals surface area contributed by atoms with E-state index in [1.807, 2.05) is 0 Å². The fourth-order valence-electron chi connectivity index (χ4n) is 3.73. The second kappa shape index (κ2) is 3.69. The molecule has 0 heterocycles. The molecule has 0 amide bonds. The molecule has 3 nitrogen and oxygen atoms in total. The van der Waals surface area contributed by atoms with Crippen molar-refractivity contribution in [2.75, 3.05) is 0 Å². The number of carboxylic acid groups (broad SMARTS) is 1. The van der Waals surface area contributed by atoms with Crippen LogP contribution in [0.15, 0.2) is 11.6 Å². The second-order valence-corrected chi connectivity index (χ2v) is 6.39. The predicted octanol–water partition coefficient (Wildman–Crippen LogP) is 2.80. The van der Waals surface area contributed by atoms with E-state index in [9.17, 15) is 9.59 Å². The Labute approximate surface area is 102 Å². The van der Waals surface area contributed by atoms with E-state index in [0.29, 0.717) is 6.42 Å². The Morgan fingerprint density at radius 2 is 2.00 bits per heavy atom. The Bertz CT molecular complexity index is 406. The third kappa shape index (κ3) is 1.92. The van der Waals surface area contributed by atoms with E-state index in [-0.39, 0.29) is 28.1 Å². The van der Waals surface area contributed by atoms with E-state index in [2.05, 4.69) is 20.8 Å². The Kier molecular flexibility index (Phi) is 2.68. The number of ketones is 1. The molecule has 0 aromatic carbocycles. The van der Waals surface area contributed by atoms with E-state index >= 15 is 0 Å². The van der Waals surface area contributed by atoms with Crippen molar-refractivity contribution in [3.05, 3.63) is 11.6 Å². The number of carbonyl (C=O) groups is 2. The lowest BCUT2D eigenvalue weighted by atomic mass is 9.53. The summed E-state index contributed by atoms with van der Waals surface area (Å²) in [7, 11) is 0. The van der Waals surface area contributed by atoms with Crippen LogP contribution in [0.1, 0.15) is 46.5 Å². The molecule has 0 saturated heterocycles. The van der Waals surface area contributed by atoms with E-state index in [4.69, 9.17) is 5.11 Å². The molecular formula is C14H20O3. The maximum Gasteiger partial charge on any atom is 0.339 e. The first-order valence-corrected chi connectivity index (χ1v) is 6.26. The molecule has 0 aromatic heterocycles. The zero-order valence-electron chi connectivity index (χ0n) is 10.7. The minimum atomic E-state index is -1.07. The molecular weight excluding hydrogens is 216 g/mol. The smallest absolute Gasteiger partial charge is 0.339 e. The van der Waals surface area contributed by atoms with Crippen LogP contribution < -0.4 is 0 Å². The van der Waals surface area contributed by atoms with Gasteiger partial charge in [0.2, 0.25) is 0 Å². The number of carbonyl (C=O) groups excluding carboxylic acids is 1. The van der Waals surface area contributed by atoms with E-state index in [1.54, 1.807) is 6.08 Å². The van der Waals surface area contributed by atoms with Crippen LogP contribution in [-0.2, 0) is 9.59 Å². The summed E-state index contributed by atoms with van der Waals surface area (Å²) in [6.45, 7) is 6.50. The molecule has 2 aliphatic rings.